The summed E-state index contributed by atoms with van der Waals surface area (Å²) in [6, 6.07) is 2.92. The van der Waals surface area contributed by atoms with Crippen LogP contribution in [0.2, 0.25) is 0 Å². The van der Waals surface area contributed by atoms with Gasteiger partial charge in [-0.05, 0) is 41.4 Å². The minimum absolute atomic E-state index is 0.218. The van der Waals surface area contributed by atoms with Crippen molar-refractivity contribution >= 4 is 27.3 Å². The van der Waals surface area contributed by atoms with E-state index in [1.807, 2.05) is 11.3 Å². The standard InChI is InChI=1S/C13H21BrN2S/c1-13(2,12-6-10(14)8-17-12)9-15-7-11-4-3-5-16-11/h6,8,11,15-16H,3-5,7,9H2,1-2H3. The summed E-state index contributed by atoms with van der Waals surface area (Å²) in [4.78, 5) is 1.44. The molecule has 1 saturated heterocycles. The van der Waals surface area contributed by atoms with Crippen molar-refractivity contribution in [1.29, 1.82) is 0 Å². The predicted octanol–water partition coefficient (Wildman–Crippen LogP) is 3.13. The third-order valence-corrected chi connectivity index (χ3v) is 5.41. The molecule has 0 radical (unpaired) electrons. The maximum atomic E-state index is 3.60. The molecule has 0 aromatic carbocycles. The van der Waals surface area contributed by atoms with Crippen molar-refractivity contribution in [3.63, 3.8) is 0 Å². The smallest absolute Gasteiger partial charge is 0.0285 e. The molecule has 2 nitrogen and oxygen atoms in total. The van der Waals surface area contributed by atoms with Gasteiger partial charge in [0, 0.05) is 39.3 Å². The van der Waals surface area contributed by atoms with Gasteiger partial charge >= 0.3 is 0 Å². The molecular formula is C13H21BrN2S. The first-order valence-electron chi connectivity index (χ1n) is 6.26. The van der Waals surface area contributed by atoms with Gasteiger partial charge in [0.1, 0.15) is 0 Å². The Hall–Kier alpha value is 0.1000. The molecule has 1 aliphatic rings. The van der Waals surface area contributed by atoms with E-state index < -0.39 is 0 Å². The van der Waals surface area contributed by atoms with Crippen LogP contribution >= 0.6 is 27.3 Å². The van der Waals surface area contributed by atoms with Crippen LogP contribution in [0.1, 0.15) is 31.6 Å². The van der Waals surface area contributed by atoms with Gasteiger partial charge in [-0.2, -0.15) is 0 Å². The van der Waals surface area contributed by atoms with Crippen molar-refractivity contribution in [3.8, 4) is 0 Å². The van der Waals surface area contributed by atoms with Crippen molar-refractivity contribution in [2.24, 2.45) is 0 Å². The summed E-state index contributed by atoms with van der Waals surface area (Å²) < 4.78 is 1.20. The lowest BCUT2D eigenvalue weighted by Crippen LogP contribution is -2.39. The van der Waals surface area contributed by atoms with E-state index in [9.17, 15) is 0 Å². The summed E-state index contributed by atoms with van der Waals surface area (Å²) in [5.74, 6) is 0. The fourth-order valence-corrected chi connectivity index (χ4v) is 3.80. The molecule has 4 heteroatoms. The third-order valence-electron chi connectivity index (χ3n) is 3.35. The van der Waals surface area contributed by atoms with Gasteiger partial charge in [0.05, 0.1) is 0 Å². The first-order valence-corrected chi connectivity index (χ1v) is 7.94. The summed E-state index contributed by atoms with van der Waals surface area (Å²) in [5, 5.41) is 9.29. The van der Waals surface area contributed by atoms with E-state index in [0.717, 1.165) is 13.1 Å². The Bertz CT molecular complexity index is 356. The number of hydrogen-bond acceptors (Lipinski definition) is 3. The highest BCUT2D eigenvalue weighted by Gasteiger charge is 2.23. The van der Waals surface area contributed by atoms with Crippen LogP contribution in [0.5, 0.6) is 0 Å². The Morgan fingerprint density at radius 3 is 3.00 bits per heavy atom. The zero-order valence-electron chi connectivity index (χ0n) is 10.6. The SMILES string of the molecule is CC(C)(CNCC1CCCN1)c1cc(Br)cs1. The van der Waals surface area contributed by atoms with Crippen molar-refractivity contribution in [1.82, 2.24) is 10.6 Å². The molecule has 1 aromatic rings. The van der Waals surface area contributed by atoms with E-state index >= 15 is 0 Å². The highest BCUT2D eigenvalue weighted by molar-refractivity contribution is 9.10. The van der Waals surface area contributed by atoms with Crippen LogP contribution in [0.25, 0.3) is 0 Å². The average molecular weight is 317 g/mol. The molecule has 96 valence electrons. The minimum Gasteiger partial charge on any atom is -0.314 e. The maximum Gasteiger partial charge on any atom is 0.0285 e. The van der Waals surface area contributed by atoms with E-state index in [1.54, 1.807) is 0 Å². The van der Waals surface area contributed by atoms with Crippen LogP contribution in [-0.2, 0) is 5.41 Å². The zero-order valence-corrected chi connectivity index (χ0v) is 13.0. The Morgan fingerprint density at radius 2 is 2.41 bits per heavy atom. The van der Waals surface area contributed by atoms with Crippen molar-refractivity contribution in [2.75, 3.05) is 19.6 Å². The lowest BCUT2D eigenvalue weighted by atomic mass is 9.91. The second kappa shape index (κ2) is 5.83. The summed E-state index contributed by atoms with van der Waals surface area (Å²) in [5.41, 5.74) is 0.218. The molecule has 0 aliphatic carbocycles. The maximum absolute atomic E-state index is 3.60. The molecule has 0 bridgehead atoms. The minimum atomic E-state index is 0.218. The Balaban J connectivity index is 1.80. The van der Waals surface area contributed by atoms with Gasteiger partial charge in [0.25, 0.3) is 0 Å². The topological polar surface area (TPSA) is 24.1 Å². The monoisotopic (exact) mass is 316 g/mol. The van der Waals surface area contributed by atoms with Gasteiger partial charge in [-0.1, -0.05) is 13.8 Å². The molecule has 17 heavy (non-hydrogen) atoms. The fourth-order valence-electron chi connectivity index (χ4n) is 2.24. The van der Waals surface area contributed by atoms with E-state index in [2.05, 4.69) is 51.9 Å². The molecule has 0 spiro atoms. The molecule has 1 aliphatic heterocycles. The highest BCUT2D eigenvalue weighted by atomic mass is 79.9. The van der Waals surface area contributed by atoms with E-state index in [0.29, 0.717) is 6.04 Å². The van der Waals surface area contributed by atoms with Gasteiger partial charge in [0.2, 0.25) is 0 Å². The molecule has 2 heterocycles. The van der Waals surface area contributed by atoms with Crippen molar-refractivity contribution in [2.45, 2.75) is 38.1 Å². The largest absolute Gasteiger partial charge is 0.314 e. The zero-order chi connectivity index (χ0) is 12.3. The molecule has 0 saturated carbocycles. The number of thiophene rings is 1. The van der Waals surface area contributed by atoms with E-state index in [-0.39, 0.29) is 5.41 Å². The average Bonchev–Trinajstić information content (AvgIpc) is 2.89. The summed E-state index contributed by atoms with van der Waals surface area (Å²) >= 11 is 5.36. The molecule has 1 fully saturated rings. The van der Waals surface area contributed by atoms with Crippen LogP contribution in [0, 0.1) is 0 Å². The van der Waals surface area contributed by atoms with E-state index in [4.69, 9.17) is 0 Å². The van der Waals surface area contributed by atoms with Crippen LogP contribution in [-0.4, -0.2) is 25.7 Å². The number of nitrogens with one attached hydrogen (secondary N) is 2. The highest BCUT2D eigenvalue weighted by Crippen LogP contribution is 2.30. The second-order valence-corrected chi connectivity index (χ2v) is 7.26. The molecule has 0 amide bonds. The lowest BCUT2D eigenvalue weighted by molar-refractivity contribution is 0.447. The number of halogens is 1. The summed E-state index contributed by atoms with van der Waals surface area (Å²) in [7, 11) is 0. The van der Waals surface area contributed by atoms with Gasteiger partial charge < -0.3 is 10.6 Å². The van der Waals surface area contributed by atoms with Crippen LogP contribution in [0.4, 0.5) is 0 Å². The molecular weight excluding hydrogens is 296 g/mol. The number of rotatable bonds is 5. The predicted molar refractivity (Wildman–Crippen MR) is 78.9 cm³/mol. The third kappa shape index (κ3) is 3.78. The number of hydrogen-bond donors (Lipinski definition) is 2. The van der Waals surface area contributed by atoms with Gasteiger partial charge in [0.15, 0.2) is 0 Å². The first-order chi connectivity index (χ1) is 8.08. The lowest BCUT2D eigenvalue weighted by Gasteiger charge is -2.24. The van der Waals surface area contributed by atoms with Crippen molar-refractivity contribution in [3.05, 3.63) is 20.8 Å². The van der Waals surface area contributed by atoms with Gasteiger partial charge in [-0.15, -0.1) is 11.3 Å². The summed E-state index contributed by atoms with van der Waals surface area (Å²) in [6.07, 6.45) is 2.64. The Kier molecular flexibility index (Phi) is 4.64. The van der Waals surface area contributed by atoms with Crippen LogP contribution in [0.3, 0.4) is 0 Å². The van der Waals surface area contributed by atoms with Gasteiger partial charge in [-0.3, -0.25) is 0 Å². The Morgan fingerprint density at radius 1 is 1.59 bits per heavy atom. The normalized spacial score (nSPS) is 21.0. The van der Waals surface area contributed by atoms with Crippen molar-refractivity contribution < 1.29 is 0 Å². The first kappa shape index (κ1) is 13.5. The quantitative estimate of drug-likeness (QED) is 0.872. The molecule has 1 aromatic heterocycles. The fraction of sp³-hybridized carbons (Fsp3) is 0.692. The summed E-state index contributed by atoms with van der Waals surface area (Å²) in [6.45, 7) is 7.93. The van der Waals surface area contributed by atoms with Crippen LogP contribution in [0.15, 0.2) is 15.9 Å². The molecule has 1 atom stereocenters. The Labute approximate surface area is 116 Å². The second-order valence-electron chi connectivity index (χ2n) is 5.44. The van der Waals surface area contributed by atoms with E-state index in [1.165, 1.54) is 28.7 Å². The molecule has 2 rings (SSSR count). The molecule has 1 unspecified atom stereocenters. The van der Waals surface area contributed by atoms with Gasteiger partial charge in [-0.25, -0.2) is 0 Å². The van der Waals surface area contributed by atoms with Crippen LogP contribution < -0.4 is 10.6 Å². The molecule has 2 N–H and O–H groups in total.